The fourth-order valence-corrected chi connectivity index (χ4v) is 3.27. The van der Waals surface area contributed by atoms with Gasteiger partial charge in [-0.25, -0.2) is 0 Å². The number of aliphatic hydroxyl groups is 1. The van der Waals surface area contributed by atoms with E-state index in [-0.39, 0.29) is 22.8 Å². The van der Waals surface area contributed by atoms with Crippen LogP contribution in [0.4, 0.5) is 0 Å². The van der Waals surface area contributed by atoms with Gasteiger partial charge in [0.05, 0.1) is 5.02 Å². The maximum Gasteiger partial charge on any atom is 0.138 e. The molecule has 3 nitrogen and oxygen atoms in total. The first-order chi connectivity index (χ1) is 9.06. The normalized spacial score (nSPS) is 17.8. The maximum atomic E-state index is 9.86. The van der Waals surface area contributed by atoms with E-state index in [0.29, 0.717) is 17.1 Å². The van der Waals surface area contributed by atoms with Gasteiger partial charge in [-0.05, 0) is 25.0 Å². The highest BCUT2D eigenvalue weighted by Crippen LogP contribution is 2.37. The van der Waals surface area contributed by atoms with Crippen LogP contribution in [0.3, 0.4) is 0 Å². The second-order valence-electron chi connectivity index (χ2n) is 5.36. The lowest BCUT2D eigenvalue weighted by Gasteiger charge is -2.26. The van der Waals surface area contributed by atoms with Gasteiger partial charge in [0.25, 0.3) is 0 Å². The molecule has 19 heavy (non-hydrogen) atoms. The van der Waals surface area contributed by atoms with Crippen molar-refractivity contribution < 1.29 is 10.2 Å². The molecule has 1 fully saturated rings. The lowest BCUT2D eigenvalue weighted by molar-refractivity contribution is 0.128. The van der Waals surface area contributed by atoms with Crippen molar-refractivity contribution >= 4 is 23.2 Å². The molecule has 3 N–H and O–H groups in total. The Kier molecular flexibility index (Phi) is 4.96. The van der Waals surface area contributed by atoms with Crippen molar-refractivity contribution in [3.05, 3.63) is 27.7 Å². The van der Waals surface area contributed by atoms with Crippen molar-refractivity contribution in [3.8, 4) is 5.75 Å². The molecule has 0 amide bonds. The van der Waals surface area contributed by atoms with E-state index in [1.807, 2.05) is 0 Å². The van der Waals surface area contributed by atoms with Gasteiger partial charge in [-0.2, -0.15) is 0 Å². The van der Waals surface area contributed by atoms with Crippen LogP contribution in [0.25, 0.3) is 0 Å². The van der Waals surface area contributed by atoms with Gasteiger partial charge in [-0.15, -0.1) is 0 Å². The number of benzene rings is 1. The van der Waals surface area contributed by atoms with Crippen LogP contribution in [-0.4, -0.2) is 23.4 Å². The molecule has 1 saturated carbocycles. The molecule has 2 rings (SSSR count). The van der Waals surface area contributed by atoms with Gasteiger partial charge in [0, 0.05) is 35.7 Å². The summed E-state index contributed by atoms with van der Waals surface area (Å²) in [6.45, 7) is 1.45. The molecule has 0 atom stereocenters. The second-order valence-corrected chi connectivity index (χ2v) is 6.21. The van der Waals surface area contributed by atoms with E-state index in [4.69, 9.17) is 23.2 Å². The summed E-state index contributed by atoms with van der Waals surface area (Å²) in [7, 11) is 0. The molecular weight excluding hydrogens is 285 g/mol. The van der Waals surface area contributed by atoms with Crippen LogP contribution in [0.5, 0.6) is 5.75 Å². The highest BCUT2D eigenvalue weighted by molar-refractivity contribution is 6.35. The Hall–Kier alpha value is -0.480. The largest absolute Gasteiger partial charge is 0.506 e. The summed E-state index contributed by atoms with van der Waals surface area (Å²) in [5.74, 6) is 0.0723. The summed E-state index contributed by atoms with van der Waals surface area (Å²) in [6, 6.07) is 3.23. The Labute approximate surface area is 123 Å². The molecule has 0 aromatic heterocycles. The lowest BCUT2D eigenvalue weighted by Crippen LogP contribution is -2.34. The number of phenolic OH excluding ortho intramolecular Hbond substituents is 1. The molecule has 0 heterocycles. The molecule has 1 aromatic carbocycles. The van der Waals surface area contributed by atoms with Crippen LogP contribution in [-0.2, 0) is 6.54 Å². The zero-order valence-corrected chi connectivity index (χ0v) is 12.3. The first-order valence-electron chi connectivity index (χ1n) is 6.55. The zero-order valence-electron chi connectivity index (χ0n) is 10.8. The standard InChI is InChI=1S/C14H19Cl2NO2/c15-11-5-10(13(19)12(16)6-11)7-17-8-14(9-18)3-1-2-4-14/h5-6,17-19H,1-4,7-9H2. The first-order valence-corrected chi connectivity index (χ1v) is 7.30. The summed E-state index contributed by atoms with van der Waals surface area (Å²) in [5.41, 5.74) is 0.682. The topological polar surface area (TPSA) is 52.5 Å². The fraction of sp³-hybridized carbons (Fsp3) is 0.571. The Morgan fingerprint density at radius 2 is 1.89 bits per heavy atom. The van der Waals surface area contributed by atoms with Gasteiger partial charge in [0.2, 0.25) is 0 Å². The molecule has 0 spiro atoms. The van der Waals surface area contributed by atoms with Crippen molar-refractivity contribution in [1.82, 2.24) is 5.32 Å². The first kappa shape index (κ1) is 14.9. The Morgan fingerprint density at radius 1 is 1.21 bits per heavy atom. The SMILES string of the molecule is OCC1(CNCc2cc(Cl)cc(Cl)c2O)CCCC1. The van der Waals surface area contributed by atoms with Gasteiger partial charge in [0.1, 0.15) is 5.75 Å². The van der Waals surface area contributed by atoms with Gasteiger partial charge < -0.3 is 15.5 Å². The van der Waals surface area contributed by atoms with E-state index >= 15 is 0 Å². The third-order valence-corrected chi connectivity index (χ3v) is 4.43. The number of aromatic hydroxyl groups is 1. The van der Waals surface area contributed by atoms with Crippen LogP contribution in [0.15, 0.2) is 12.1 Å². The molecule has 0 saturated heterocycles. The highest BCUT2D eigenvalue weighted by Gasteiger charge is 2.32. The van der Waals surface area contributed by atoms with Crippen LogP contribution in [0.2, 0.25) is 10.0 Å². The summed E-state index contributed by atoms with van der Waals surface area (Å²) in [4.78, 5) is 0. The summed E-state index contributed by atoms with van der Waals surface area (Å²) >= 11 is 11.8. The predicted molar refractivity (Wildman–Crippen MR) is 77.8 cm³/mol. The van der Waals surface area contributed by atoms with Crippen LogP contribution in [0.1, 0.15) is 31.2 Å². The highest BCUT2D eigenvalue weighted by atomic mass is 35.5. The third kappa shape index (κ3) is 3.54. The van der Waals surface area contributed by atoms with E-state index in [1.165, 1.54) is 18.9 Å². The minimum atomic E-state index is -0.00200. The smallest absolute Gasteiger partial charge is 0.138 e. The van der Waals surface area contributed by atoms with E-state index < -0.39 is 0 Å². The second kappa shape index (κ2) is 6.31. The zero-order chi connectivity index (χ0) is 13.9. The molecule has 0 radical (unpaired) electrons. The van der Waals surface area contributed by atoms with Crippen LogP contribution < -0.4 is 5.32 Å². The van der Waals surface area contributed by atoms with Crippen molar-refractivity contribution in [2.24, 2.45) is 5.41 Å². The van der Waals surface area contributed by atoms with Crippen molar-refractivity contribution in [2.75, 3.05) is 13.2 Å². The number of halogens is 2. The third-order valence-electron chi connectivity index (χ3n) is 3.92. The molecule has 106 valence electrons. The number of rotatable bonds is 5. The number of nitrogens with one attached hydrogen (secondary N) is 1. The van der Waals surface area contributed by atoms with E-state index in [0.717, 1.165) is 19.4 Å². The van der Waals surface area contributed by atoms with Crippen LogP contribution in [0, 0.1) is 5.41 Å². The molecule has 0 aliphatic heterocycles. The Morgan fingerprint density at radius 3 is 2.53 bits per heavy atom. The predicted octanol–water partition coefficient (Wildman–Crippen LogP) is 3.34. The average Bonchev–Trinajstić information content (AvgIpc) is 2.84. The summed E-state index contributed by atoms with van der Waals surface area (Å²) in [5, 5.41) is 23.5. The maximum absolute atomic E-state index is 9.86. The number of hydrogen-bond acceptors (Lipinski definition) is 3. The number of hydrogen-bond donors (Lipinski definition) is 3. The van der Waals surface area contributed by atoms with Gasteiger partial charge in [-0.1, -0.05) is 36.0 Å². The van der Waals surface area contributed by atoms with E-state index in [2.05, 4.69) is 5.32 Å². The molecule has 5 heteroatoms. The number of aliphatic hydroxyl groups excluding tert-OH is 1. The summed E-state index contributed by atoms with van der Waals surface area (Å²) < 4.78 is 0. The van der Waals surface area contributed by atoms with Gasteiger partial charge in [-0.3, -0.25) is 0 Å². The average molecular weight is 304 g/mol. The molecular formula is C14H19Cl2NO2. The molecule has 0 bridgehead atoms. The van der Waals surface area contributed by atoms with E-state index in [1.54, 1.807) is 6.07 Å². The van der Waals surface area contributed by atoms with Crippen molar-refractivity contribution in [1.29, 1.82) is 0 Å². The summed E-state index contributed by atoms with van der Waals surface area (Å²) in [6.07, 6.45) is 4.46. The van der Waals surface area contributed by atoms with Gasteiger partial charge in [0.15, 0.2) is 0 Å². The minimum Gasteiger partial charge on any atom is -0.506 e. The Bertz CT molecular complexity index is 445. The lowest BCUT2D eigenvalue weighted by atomic mass is 9.87. The molecule has 0 unspecified atom stereocenters. The van der Waals surface area contributed by atoms with Crippen LogP contribution >= 0.6 is 23.2 Å². The minimum absolute atomic E-state index is 0.00200. The Balaban J connectivity index is 1.96. The molecule has 1 aromatic rings. The van der Waals surface area contributed by atoms with Gasteiger partial charge >= 0.3 is 0 Å². The fourth-order valence-electron chi connectivity index (χ4n) is 2.73. The quantitative estimate of drug-likeness (QED) is 0.782. The van der Waals surface area contributed by atoms with Crippen molar-refractivity contribution in [3.63, 3.8) is 0 Å². The van der Waals surface area contributed by atoms with Crippen molar-refractivity contribution in [2.45, 2.75) is 32.2 Å². The van der Waals surface area contributed by atoms with E-state index in [9.17, 15) is 10.2 Å². The number of phenols is 1. The molecule has 1 aliphatic rings. The molecule has 1 aliphatic carbocycles. The monoisotopic (exact) mass is 303 g/mol.